The van der Waals surface area contributed by atoms with Gasteiger partial charge in [0.05, 0.1) is 13.7 Å². The zero-order valence-corrected chi connectivity index (χ0v) is 14.8. The highest BCUT2D eigenvalue weighted by Crippen LogP contribution is 2.13. The van der Waals surface area contributed by atoms with Crippen LogP contribution in [0.1, 0.15) is 16.7 Å². The predicted molar refractivity (Wildman–Crippen MR) is 97.0 cm³/mol. The van der Waals surface area contributed by atoms with Crippen LogP contribution in [0.3, 0.4) is 0 Å². The van der Waals surface area contributed by atoms with Gasteiger partial charge in [0.25, 0.3) is 0 Å². The number of aliphatic hydroxyl groups is 1. The highest BCUT2D eigenvalue weighted by molar-refractivity contribution is 5.79. The van der Waals surface area contributed by atoms with Crippen molar-refractivity contribution >= 4 is 5.96 Å². The van der Waals surface area contributed by atoms with Crippen LogP contribution in [-0.4, -0.2) is 37.2 Å². The fourth-order valence-electron chi connectivity index (χ4n) is 2.50. The van der Waals surface area contributed by atoms with E-state index in [1.54, 1.807) is 26.3 Å². The van der Waals surface area contributed by atoms with Crippen molar-refractivity contribution in [1.29, 1.82) is 0 Å². The van der Waals surface area contributed by atoms with Crippen LogP contribution in [0.2, 0.25) is 0 Å². The maximum absolute atomic E-state index is 13.4. The van der Waals surface area contributed by atoms with Crippen molar-refractivity contribution in [3.63, 3.8) is 0 Å². The Bertz CT molecular complexity index is 717. The minimum atomic E-state index is -0.396. The summed E-state index contributed by atoms with van der Waals surface area (Å²) in [6, 6.07) is 12.6. The first kappa shape index (κ1) is 18.7. The number of methoxy groups -OCH3 is 1. The highest BCUT2D eigenvalue weighted by atomic mass is 19.1. The Morgan fingerprint density at radius 3 is 2.48 bits per heavy atom. The van der Waals surface area contributed by atoms with Crippen LogP contribution >= 0.6 is 0 Å². The highest BCUT2D eigenvalue weighted by Gasteiger charge is 2.08. The molecular weight excluding hydrogens is 321 g/mol. The van der Waals surface area contributed by atoms with Crippen LogP contribution in [0.5, 0.6) is 5.75 Å². The molecule has 2 N–H and O–H groups in total. The van der Waals surface area contributed by atoms with Gasteiger partial charge in [-0.05, 0) is 35.4 Å². The molecule has 0 radical (unpaired) electrons. The summed E-state index contributed by atoms with van der Waals surface area (Å²) in [6.07, 6.45) is 0. The Kier molecular flexibility index (Phi) is 6.77. The molecule has 2 aromatic rings. The summed E-state index contributed by atoms with van der Waals surface area (Å²) in [7, 11) is 5.31. The molecule has 25 heavy (non-hydrogen) atoms. The Morgan fingerprint density at radius 2 is 1.88 bits per heavy atom. The predicted octanol–water partition coefficient (Wildman–Crippen LogP) is 2.53. The van der Waals surface area contributed by atoms with Gasteiger partial charge in [-0.25, -0.2) is 4.39 Å². The van der Waals surface area contributed by atoms with Gasteiger partial charge in [-0.2, -0.15) is 0 Å². The summed E-state index contributed by atoms with van der Waals surface area (Å²) in [6.45, 7) is 0.869. The smallest absolute Gasteiger partial charge is 0.193 e. The number of rotatable bonds is 6. The molecule has 0 spiro atoms. The molecule has 2 rings (SSSR count). The Hall–Kier alpha value is -2.60. The fourth-order valence-corrected chi connectivity index (χ4v) is 2.50. The summed E-state index contributed by atoms with van der Waals surface area (Å²) in [5, 5.41) is 12.4. The Labute approximate surface area is 147 Å². The second-order valence-electron chi connectivity index (χ2n) is 5.69. The Morgan fingerprint density at radius 1 is 1.20 bits per heavy atom. The SMILES string of the molecule is CN=C(NCc1ccc(F)c(CO)c1)N(C)Cc1ccc(OC)cc1. The standard InChI is InChI=1S/C19H24FN3O2/c1-21-19(22-11-15-6-9-18(20)16(10-15)13-24)23(2)12-14-4-7-17(25-3)8-5-14/h4-10,24H,11-13H2,1-3H3,(H,21,22). The second-order valence-corrected chi connectivity index (χ2v) is 5.69. The first-order valence-corrected chi connectivity index (χ1v) is 8.00. The summed E-state index contributed by atoms with van der Waals surface area (Å²) in [4.78, 5) is 6.27. The molecule has 2 aromatic carbocycles. The van der Waals surface area contributed by atoms with Crippen molar-refractivity contribution in [3.05, 3.63) is 65.0 Å². The number of nitrogens with zero attached hydrogens (tertiary/aromatic N) is 2. The zero-order chi connectivity index (χ0) is 18.2. The van der Waals surface area contributed by atoms with Gasteiger partial charge in [-0.3, -0.25) is 4.99 Å². The number of nitrogens with one attached hydrogen (secondary N) is 1. The number of aliphatic imine (C=N–C) groups is 1. The second kappa shape index (κ2) is 9.03. The maximum Gasteiger partial charge on any atom is 0.193 e. The van der Waals surface area contributed by atoms with Gasteiger partial charge in [-0.1, -0.05) is 18.2 Å². The minimum absolute atomic E-state index is 0.292. The lowest BCUT2D eigenvalue weighted by molar-refractivity contribution is 0.275. The normalized spacial score (nSPS) is 11.3. The van der Waals surface area contributed by atoms with E-state index in [-0.39, 0.29) is 6.61 Å². The molecule has 6 heteroatoms. The molecule has 5 nitrogen and oxygen atoms in total. The third kappa shape index (κ3) is 5.19. The van der Waals surface area contributed by atoms with Crippen molar-refractivity contribution in [1.82, 2.24) is 10.2 Å². The summed E-state index contributed by atoms with van der Waals surface area (Å²) in [5.74, 6) is 1.16. The lowest BCUT2D eigenvalue weighted by atomic mass is 10.1. The number of aliphatic hydroxyl groups excluding tert-OH is 1. The molecule has 0 aliphatic rings. The monoisotopic (exact) mass is 345 g/mol. The topological polar surface area (TPSA) is 57.1 Å². The van der Waals surface area contributed by atoms with E-state index < -0.39 is 5.82 Å². The molecule has 0 saturated carbocycles. The van der Waals surface area contributed by atoms with E-state index in [1.807, 2.05) is 36.2 Å². The Balaban J connectivity index is 1.96. The molecule has 134 valence electrons. The third-order valence-electron chi connectivity index (χ3n) is 3.88. The fraction of sp³-hybridized carbons (Fsp3) is 0.316. The number of guanidine groups is 1. The maximum atomic E-state index is 13.4. The van der Waals surface area contributed by atoms with Crippen molar-refractivity contribution in [2.45, 2.75) is 19.7 Å². The third-order valence-corrected chi connectivity index (χ3v) is 3.88. The number of hydrogen-bond donors (Lipinski definition) is 2. The van der Waals surface area contributed by atoms with Gasteiger partial charge in [0, 0.05) is 32.7 Å². The number of halogens is 1. The summed E-state index contributed by atoms with van der Waals surface area (Å²) >= 11 is 0. The molecule has 0 saturated heterocycles. The number of ether oxygens (including phenoxy) is 1. The largest absolute Gasteiger partial charge is 0.497 e. The average molecular weight is 345 g/mol. The molecule has 0 fully saturated rings. The molecule has 0 aliphatic heterocycles. The van der Waals surface area contributed by atoms with Gasteiger partial charge in [0.15, 0.2) is 5.96 Å². The van der Waals surface area contributed by atoms with E-state index in [4.69, 9.17) is 9.84 Å². The van der Waals surface area contributed by atoms with Gasteiger partial charge in [0.1, 0.15) is 11.6 Å². The molecule has 0 unspecified atom stereocenters. The van der Waals surface area contributed by atoms with Crippen molar-refractivity contribution in [3.8, 4) is 5.75 Å². The quantitative estimate of drug-likeness (QED) is 0.624. The minimum Gasteiger partial charge on any atom is -0.497 e. The van der Waals surface area contributed by atoms with E-state index in [9.17, 15) is 4.39 Å². The lowest BCUT2D eigenvalue weighted by Gasteiger charge is -2.22. The van der Waals surface area contributed by atoms with Gasteiger partial charge in [0.2, 0.25) is 0 Å². The van der Waals surface area contributed by atoms with Crippen LogP contribution in [0.15, 0.2) is 47.5 Å². The van der Waals surface area contributed by atoms with E-state index in [2.05, 4.69) is 10.3 Å². The first-order chi connectivity index (χ1) is 12.1. The van der Waals surface area contributed by atoms with E-state index in [0.717, 1.165) is 22.8 Å². The van der Waals surface area contributed by atoms with Crippen LogP contribution in [0, 0.1) is 5.82 Å². The van der Waals surface area contributed by atoms with Crippen molar-refractivity contribution in [2.24, 2.45) is 4.99 Å². The van der Waals surface area contributed by atoms with E-state index >= 15 is 0 Å². The van der Waals surface area contributed by atoms with Crippen LogP contribution in [0.4, 0.5) is 4.39 Å². The number of benzene rings is 2. The molecular formula is C19H24FN3O2. The van der Waals surface area contributed by atoms with Crippen LogP contribution in [0.25, 0.3) is 0 Å². The summed E-state index contributed by atoms with van der Waals surface area (Å²) < 4.78 is 18.6. The molecule has 0 bridgehead atoms. The zero-order valence-electron chi connectivity index (χ0n) is 14.8. The first-order valence-electron chi connectivity index (χ1n) is 8.00. The summed E-state index contributed by atoms with van der Waals surface area (Å²) in [5.41, 5.74) is 2.31. The van der Waals surface area contributed by atoms with Crippen LogP contribution < -0.4 is 10.1 Å². The number of hydrogen-bond acceptors (Lipinski definition) is 3. The molecule has 0 amide bonds. The van der Waals surface area contributed by atoms with Crippen molar-refractivity contribution in [2.75, 3.05) is 21.2 Å². The molecule has 0 atom stereocenters. The van der Waals surface area contributed by atoms with Crippen molar-refractivity contribution < 1.29 is 14.2 Å². The van der Waals surface area contributed by atoms with E-state index in [1.165, 1.54) is 6.07 Å². The van der Waals surface area contributed by atoms with Crippen LogP contribution in [-0.2, 0) is 19.7 Å². The average Bonchev–Trinajstić information content (AvgIpc) is 2.64. The van der Waals surface area contributed by atoms with Gasteiger partial charge >= 0.3 is 0 Å². The molecule has 0 aliphatic carbocycles. The molecule has 0 aromatic heterocycles. The van der Waals surface area contributed by atoms with Gasteiger partial charge < -0.3 is 20.1 Å². The van der Waals surface area contributed by atoms with E-state index in [0.29, 0.717) is 18.7 Å². The molecule has 0 heterocycles. The van der Waals surface area contributed by atoms with Gasteiger partial charge in [-0.15, -0.1) is 0 Å². The lowest BCUT2D eigenvalue weighted by Crippen LogP contribution is -2.38.